The second-order valence-corrected chi connectivity index (χ2v) is 5.43. The number of hydrogen-bond acceptors (Lipinski definition) is 4. The van der Waals surface area contributed by atoms with Gasteiger partial charge in [-0.2, -0.15) is 5.26 Å². The fourth-order valence-electron chi connectivity index (χ4n) is 1.53. The molecule has 19 heavy (non-hydrogen) atoms. The van der Waals surface area contributed by atoms with Gasteiger partial charge in [0.05, 0.1) is 11.7 Å². The van der Waals surface area contributed by atoms with Crippen LogP contribution in [0.5, 0.6) is 0 Å². The summed E-state index contributed by atoms with van der Waals surface area (Å²) in [5, 5.41) is 11.6. The van der Waals surface area contributed by atoms with Gasteiger partial charge in [-0.25, -0.2) is 9.78 Å². The number of amides is 1. The van der Waals surface area contributed by atoms with Crippen LogP contribution < -0.4 is 5.32 Å². The molecule has 0 saturated heterocycles. The lowest BCUT2D eigenvalue weighted by Crippen LogP contribution is -2.34. The minimum atomic E-state index is -0.540. The van der Waals surface area contributed by atoms with Crippen molar-refractivity contribution in [2.24, 2.45) is 0 Å². The SMILES string of the molecule is Cc1cc(C#N)nc([C@@H](C)NC(=O)OC(C)(C)C)c1. The molecule has 0 fully saturated rings. The average Bonchev–Trinajstić information content (AvgIpc) is 2.25. The van der Waals surface area contributed by atoms with E-state index in [9.17, 15) is 4.79 Å². The Bertz CT molecular complexity index is 512. The standard InChI is InChI=1S/C14H19N3O2/c1-9-6-11(8-15)17-12(7-9)10(2)16-13(18)19-14(3,4)5/h6-7,10H,1-5H3,(H,16,18)/t10-/m1/s1. The van der Waals surface area contributed by atoms with Crippen LogP contribution in [0.2, 0.25) is 0 Å². The zero-order valence-electron chi connectivity index (χ0n) is 11.9. The Kier molecular flexibility index (Phi) is 4.49. The number of nitrogens with zero attached hydrogens (tertiary/aromatic N) is 2. The van der Waals surface area contributed by atoms with Crippen LogP contribution >= 0.6 is 0 Å². The summed E-state index contributed by atoms with van der Waals surface area (Å²) in [5.41, 5.74) is 1.37. The molecule has 1 aromatic heterocycles. The van der Waals surface area contributed by atoms with Crippen LogP contribution in [0.4, 0.5) is 4.79 Å². The predicted molar refractivity (Wildman–Crippen MR) is 71.5 cm³/mol. The number of hydrogen-bond donors (Lipinski definition) is 1. The van der Waals surface area contributed by atoms with Crippen LogP contribution in [0.3, 0.4) is 0 Å². The molecule has 0 aliphatic carbocycles. The Morgan fingerprint density at radius 1 is 1.47 bits per heavy atom. The first kappa shape index (κ1) is 15.0. The first-order valence-electron chi connectivity index (χ1n) is 6.09. The largest absolute Gasteiger partial charge is 0.444 e. The molecule has 0 spiro atoms. The van der Waals surface area contributed by atoms with E-state index >= 15 is 0 Å². The van der Waals surface area contributed by atoms with E-state index in [0.29, 0.717) is 11.4 Å². The summed E-state index contributed by atoms with van der Waals surface area (Å²) in [4.78, 5) is 15.8. The van der Waals surface area contributed by atoms with Gasteiger partial charge in [0, 0.05) is 0 Å². The number of carbonyl (C=O) groups is 1. The number of aromatic nitrogens is 1. The van der Waals surface area contributed by atoms with E-state index in [2.05, 4.69) is 10.3 Å². The first-order chi connectivity index (χ1) is 8.71. The highest BCUT2D eigenvalue weighted by molar-refractivity contribution is 5.68. The second kappa shape index (κ2) is 5.70. The highest BCUT2D eigenvalue weighted by atomic mass is 16.6. The van der Waals surface area contributed by atoms with Crippen molar-refractivity contribution in [3.63, 3.8) is 0 Å². The molecule has 0 aliphatic heterocycles. The zero-order valence-corrected chi connectivity index (χ0v) is 11.9. The summed E-state index contributed by atoms with van der Waals surface area (Å²) in [5.74, 6) is 0. The molecule has 1 aromatic rings. The van der Waals surface area contributed by atoms with Crippen molar-refractivity contribution in [1.82, 2.24) is 10.3 Å². The molecule has 0 bridgehead atoms. The van der Waals surface area contributed by atoms with Gasteiger partial charge in [0.1, 0.15) is 17.4 Å². The maximum atomic E-state index is 11.7. The molecule has 102 valence electrons. The predicted octanol–water partition coefficient (Wildman–Crippen LogP) is 2.85. The third-order valence-corrected chi connectivity index (χ3v) is 2.28. The van der Waals surface area contributed by atoms with Gasteiger partial charge in [0.2, 0.25) is 0 Å². The van der Waals surface area contributed by atoms with E-state index in [1.807, 2.05) is 19.1 Å². The maximum absolute atomic E-state index is 11.7. The fraction of sp³-hybridized carbons (Fsp3) is 0.500. The molecule has 1 amide bonds. The number of alkyl carbamates (subject to hydrolysis) is 1. The molecule has 1 heterocycles. The molecule has 1 atom stereocenters. The molecular formula is C14H19N3O2. The van der Waals surface area contributed by atoms with E-state index in [0.717, 1.165) is 5.56 Å². The average molecular weight is 261 g/mol. The van der Waals surface area contributed by atoms with Crippen molar-refractivity contribution in [1.29, 1.82) is 5.26 Å². The van der Waals surface area contributed by atoms with Crippen LogP contribution in [0, 0.1) is 18.3 Å². The molecular weight excluding hydrogens is 242 g/mol. The van der Waals surface area contributed by atoms with Crippen LogP contribution in [-0.2, 0) is 4.74 Å². The highest BCUT2D eigenvalue weighted by Crippen LogP contribution is 2.14. The second-order valence-electron chi connectivity index (χ2n) is 5.43. The molecule has 0 radical (unpaired) electrons. The number of pyridine rings is 1. The number of nitrogens with one attached hydrogen (secondary N) is 1. The monoisotopic (exact) mass is 261 g/mol. The summed E-state index contributed by atoms with van der Waals surface area (Å²) in [7, 11) is 0. The van der Waals surface area contributed by atoms with Gasteiger partial charge in [-0.05, 0) is 52.3 Å². The van der Waals surface area contributed by atoms with Crippen LogP contribution in [-0.4, -0.2) is 16.7 Å². The van der Waals surface area contributed by atoms with Crippen LogP contribution in [0.15, 0.2) is 12.1 Å². The summed E-state index contributed by atoms with van der Waals surface area (Å²) in [6.45, 7) is 9.08. The smallest absolute Gasteiger partial charge is 0.408 e. The van der Waals surface area contributed by atoms with E-state index in [-0.39, 0.29) is 6.04 Å². The quantitative estimate of drug-likeness (QED) is 0.888. The van der Waals surface area contributed by atoms with Crippen LogP contribution in [0.25, 0.3) is 0 Å². The van der Waals surface area contributed by atoms with Gasteiger partial charge in [-0.3, -0.25) is 0 Å². The minimum Gasteiger partial charge on any atom is -0.444 e. The van der Waals surface area contributed by atoms with Gasteiger partial charge >= 0.3 is 6.09 Å². The number of aryl methyl sites for hydroxylation is 1. The molecule has 0 aromatic carbocycles. The third-order valence-electron chi connectivity index (χ3n) is 2.28. The van der Waals surface area contributed by atoms with Crippen molar-refractivity contribution in [2.45, 2.75) is 46.3 Å². The Balaban J connectivity index is 2.79. The Morgan fingerprint density at radius 3 is 2.63 bits per heavy atom. The van der Waals surface area contributed by atoms with E-state index in [1.54, 1.807) is 33.8 Å². The number of ether oxygens (including phenoxy) is 1. The number of nitriles is 1. The van der Waals surface area contributed by atoms with Crippen molar-refractivity contribution in [2.75, 3.05) is 0 Å². The molecule has 1 rings (SSSR count). The fourth-order valence-corrected chi connectivity index (χ4v) is 1.53. The number of rotatable bonds is 2. The molecule has 0 saturated carbocycles. The molecule has 5 nitrogen and oxygen atoms in total. The van der Waals surface area contributed by atoms with Crippen molar-refractivity contribution in [3.8, 4) is 6.07 Å². The summed E-state index contributed by atoms with van der Waals surface area (Å²) in [6.07, 6.45) is -0.498. The lowest BCUT2D eigenvalue weighted by Gasteiger charge is -2.22. The van der Waals surface area contributed by atoms with E-state index < -0.39 is 11.7 Å². The molecule has 0 aliphatic rings. The van der Waals surface area contributed by atoms with Gasteiger partial charge in [-0.15, -0.1) is 0 Å². The first-order valence-corrected chi connectivity index (χ1v) is 6.09. The van der Waals surface area contributed by atoms with Crippen LogP contribution in [0.1, 0.15) is 50.7 Å². The highest BCUT2D eigenvalue weighted by Gasteiger charge is 2.19. The van der Waals surface area contributed by atoms with Crippen molar-refractivity contribution in [3.05, 3.63) is 29.1 Å². The normalized spacial score (nSPS) is 12.4. The Hall–Kier alpha value is -2.09. The van der Waals surface area contributed by atoms with Crippen molar-refractivity contribution >= 4 is 6.09 Å². The third kappa shape index (κ3) is 4.96. The molecule has 0 unspecified atom stereocenters. The summed E-state index contributed by atoms with van der Waals surface area (Å²) in [6, 6.07) is 5.22. The Labute approximate surface area is 113 Å². The van der Waals surface area contributed by atoms with Gasteiger partial charge in [0.25, 0.3) is 0 Å². The van der Waals surface area contributed by atoms with E-state index in [4.69, 9.17) is 10.00 Å². The minimum absolute atomic E-state index is 0.318. The summed E-state index contributed by atoms with van der Waals surface area (Å²) >= 11 is 0. The Morgan fingerprint density at radius 2 is 2.11 bits per heavy atom. The zero-order chi connectivity index (χ0) is 14.6. The maximum Gasteiger partial charge on any atom is 0.408 e. The van der Waals surface area contributed by atoms with Crippen molar-refractivity contribution < 1.29 is 9.53 Å². The topological polar surface area (TPSA) is 75.0 Å². The van der Waals surface area contributed by atoms with Gasteiger partial charge in [-0.1, -0.05) is 0 Å². The van der Waals surface area contributed by atoms with E-state index in [1.165, 1.54) is 0 Å². The molecule has 1 N–H and O–H groups in total. The summed E-state index contributed by atoms with van der Waals surface area (Å²) < 4.78 is 5.17. The molecule has 5 heteroatoms. The van der Waals surface area contributed by atoms with Gasteiger partial charge in [0.15, 0.2) is 0 Å². The number of carbonyl (C=O) groups excluding carboxylic acids is 1. The van der Waals surface area contributed by atoms with Gasteiger partial charge < -0.3 is 10.1 Å². The lowest BCUT2D eigenvalue weighted by atomic mass is 10.1. The lowest BCUT2D eigenvalue weighted by molar-refractivity contribution is 0.0507.